The van der Waals surface area contributed by atoms with Crippen LogP contribution in [0.15, 0.2) is 97.4 Å². The van der Waals surface area contributed by atoms with Gasteiger partial charge in [0.1, 0.15) is 24.5 Å². The minimum absolute atomic E-state index is 0.294. The molecule has 3 aromatic rings. The minimum Gasteiger partial charge on any atom is -0.494 e. The Labute approximate surface area is 327 Å². The van der Waals surface area contributed by atoms with E-state index in [1.165, 1.54) is 16.7 Å². The van der Waals surface area contributed by atoms with Gasteiger partial charge in [-0.05, 0) is 129 Å². The number of esters is 2. The van der Waals surface area contributed by atoms with Gasteiger partial charge >= 0.3 is 11.9 Å². The Balaban J connectivity index is 1.33. The van der Waals surface area contributed by atoms with Crippen LogP contribution < -0.4 is 9.47 Å². The molecule has 0 aliphatic carbocycles. The van der Waals surface area contributed by atoms with E-state index >= 15 is 0 Å². The zero-order valence-corrected chi connectivity index (χ0v) is 33.1. The molecule has 0 fully saturated rings. The molecule has 1 aliphatic heterocycles. The summed E-state index contributed by atoms with van der Waals surface area (Å²) in [7, 11) is 0. The maximum absolute atomic E-state index is 12.1. The van der Waals surface area contributed by atoms with Crippen molar-refractivity contribution in [1.82, 2.24) is 4.90 Å². The third-order valence-corrected chi connectivity index (χ3v) is 9.14. The summed E-state index contributed by atoms with van der Waals surface area (Å²) in [6, 6.07) is 21.3. The van der Waals surface area contributed by atoms with Crippen molar-refractivity contribution in [2.24, 2.45) is 0 Å². The first-order chi connectivity index (χ1) is 26.7. The summed E-state index contributed by atoms with van der Waals surface area (Å²) < 4.78 is 34.2. The fourth-order valence-electron chi connectivity index (χ4n) is 6.14. The topological polar surface area (TPSA) is 92.8 Å². The molecule has 3 aromatic carbocycles. The highest BCUT2D eigenvalue weighted by Gasteiger charge is 2.16. The highest BCUT2D eigenvalue weighted by Crippen LogP contribution is 2.35. The number of carbonyl (C=O) groups is 2. The van der Waals surface area contributed by atoms with E-state index in [-0.39, 0.29) is 11.9 Å². The van der Waals surface area contributed by atoms with Crippen LogP contribution in [0.5, 0.6) is 11.5 Å². The van der Waals surface area contributed by atoms with E-state index in [1.54, 1.807) is 20.1 Å². The first-order valence-corrected chi connectivity index (χ1v) is 19.6. The van der Waals surface area contributed by atoms with Gasteiger partial charge in [-0.15, -0.1) is 0 Å². The minimum atomic E-state index is -0.379. The van der Waals surface area contributed by atoms with Gasteiger partial charge in [-0.3, -0.25) is 0 Å². The molecule has 0 amide bonds. The number of hydrogen-bond donors (Lipinski definition) is 0. The van der Waals surface area contributed by atoms with Crippen molar-refractivity contribution in [2.45, 2.75) is 85.0 Å². The molecule has 296 valence electrons. The Bertz CT molecular complexity index is 1660. The molecule has 0 atom stereocenters. The number of aryl methyl sites for hydroxylation is 4. The molecule has 9 nitrogen and oxygen atoms in total. The number of rotatable bonds is 26. The largest absolute Gasteiger partial charge is 0.494 e. The fourth-order valence-corrected chi connectivity index (χ4v) is 6.14. The van der Waals surface area contributed by atoms with Gasteiger partial charge in [-0.25, -0.2) is 9.59 Å². The Morgan fingerprint density at radius 1 is 0.709 bits per heavy atom. The molecule has 1 aliphatic rings. The van der Waals surface area contributed by atoms with Crippen molar-refractivity contribution < 1.29 is 38.0 Å². The van der Waals surface area contributed by atoms with Crippen molar-refractivity contribution in [3.63, 3.8) is 0 Å². The van der Waals surface area contributed by atoms with Gasteiger partial charge in [-0.2, -0.15) is 0 Å². The molecule has 55 heavy (non-hydrogen) atoms. The summed E-state index contributed by atoms with van der Waals surface area (Å²) in [4.78, 5) is 26.1. The highest BCUT2D eigenvalue weighted by atomic mass is 16.5. The van der Waals surface area contributed by atoms with Gasteiger partial charge in [0.25, 0.3) is 0 Å². The van der Waals surface area contributed by atoms with Crippen LogP contribution in [0.2, 0.25) is 0 Å². The van der Waals surface area contributed by atoms with Crippen molar-refractivity contribution in [3.05, 3.63) is 120 Å². The van der Waals surface area contributed by atoms with Crippen LogP contribution in [0.3, 0.4) is 0 Å². The van der Waals surface area contributed by atoms with Gasteiger partial charge in [0.05, 0.1) is 33.0 Å². The lowest BCUT2D eigenvalue weighted by molar-refractivity contribution is -0.139. The molecule has 4 rings (SSSR count). The Morgan fingerprint density at radius 2 is 1.36 bits per heavy atom. The maximum Gasteiger partial charge on any atom is 0.333 e. The molecule has 0 saturated carbocycles. The molecule has 0 N–H and O–H groups in total. The molecule has 0 unspecified atom stereocenters. The highest BCUT2D eigenvalue weighted by molar-refractivity contribution is 5.87. The quantitative estimate of drug-likeness (QED) is 0.0452. The summed E-state index contributed by atoms with van der Waals surface area (Å²) in [6.07, 6.45) is 11.9. The number of nitrogens with zero attached hydrogens (tertiary/aromatic N) is 1. The first kappa shape index (κ1) is 42.7. The van der Waals surface area contributed by atoms with Gasteiger partial charge < -0.3 is 33.3 Å². The number of hydrogen-bond acceptors (Lipinski definition) is 9. The molecule has 0 radical (unpaired) electrons. The van der Waals surface area contributed by atoms with Crippen molar-refractivity contribution in [1.29, 1.82) is 0 Å². The average Bonchev–Trinajstić information content (AvgIpc) is 3.72. The lowest BCUT2D eigenvalue weighted by Crippen LogP contribution is -2.19. The Morgan fingerprint density at radius 3 is 1.98 bits per heavy atom. The van der Waals surface area contributed by atoms with Gasteiger partial charge in [-0.1, -0.05) is 56.5 Å². The third-order valence-electron chi connectivity index (χ3n) is 9.14. The number of carbonyl (C=O) groups excluding carboxylic acids is 2. The van der Waals surface area contributed by atoms with E-state index in [9.17, 15) is 9.59 Å². The summed E-state index contributed by atoms with van der Waals surface area (Å²) in [5, 5.41) is 0. The molecule has 0 saturated heterocycles. The normalized spacial score (nSPS) is 11.9. The summed E-state index contributed by atoms with van der Waals surface area (Å²) >= 11 is 0. The van der Waals surface area contributed by atoms with Crippen LogP contribution in [0.4, 0.5) is 0 Å². The van der Waals surface area contributed by atoms with Crippen LogP contribution >= 0.6 is 0 Å². The van der Waals surface area contributed by atoms with E-state index in [2.05, 4.69) is 68.6 Å². The predicted octanol–water partition coefficient (Wildman–Crippen LogP) is 9.32. The molecule has 1 heterocycles. The zero-order valence-electron chi connectivity index (χ0n) is 33.1. The second-order valence-electron chi connectivity index (χ2n) is 13.9. The second-order valence-corrected chi connectivity index (χ2v) is 13.9. The average molecular weight is 754 g/mol. The lowest BCUT2D eigenvalue weighted by atomic mass is 9.91. The summed E-state index contributed by atoms with van der Waals surface area (Å²) in [5.41, 5.74) is 7.79. The molecule has 9 heteroatoms. The van der Waals surface area contributed by atoms with Gasteiger partial charge in [0.2, 0.25) is 0 Å². The monoisotopic (exact) mass is 753 g/mol. The van der Waals surface area contributed by atoms with E-state index in [0.717, 1.165) is 66.7 Å². The third kappa shape index (κ3) is 15.0. The van der Waals surface area contributed by atoms with E-state index in [0.29, 0.717) is 83.3 Å². The molecule has 0 bridgehead atoms. The number of unbranched alkanes of at least 4 members (excludes halogenated alkanes) is 2. The van der Waals surface area contributed by atoms with Crippen LogP contribution in [0.1, 0.15) is 81.5 Å². The first-order valence-electron chi connectivity index (χ1n) is 19.6. The van der Waals surface area contributed by atoms with Crippen LogP contribution in [-0.4, -0.2) is 63.3 Å². The van der Waals surface area contributed by atoms with Gasteiger partial charge in [0, 0.05) is 23.8 Å². The predicted molar refractivity (Wildman–Crippen MR) is 217 cm³/mol. The Hall–Kier alpha value is -5.02. The number of benzene rings is 3. The summed E-state index contributed by atoms with van der Waals surface area (Å²) in [5.74, 6) is 0.981. The van der Waals surface area contributed by atoms with Crippen molar-refractivity contribution >= 4 is 11.9 Å². The SMILES string of the molecule is C=C(C)C(=O)OCCCc1cc(-c2ccccc2CC)cc(CCCOC(=O)C(=C)C)c1OCCCCCc1ccc(OCCCOCN2C=COC2)cc1. The molecule has 0 spiro atoms. The molecular formula is C46H59NO8. The fraction of sp³-hybridized carbons (Fsp3) is 0.435. The van der Waals surface area contributed by atoms with Crippen molar-refractivity contribution in [3.8, 4) is 22.6 Å². The van der Waals surface area contributed by atoms with Crippen LogP contribution in [0, 0.1) is 0 Å². The molecular weight excluding hydrogens is 695 g/mol. The van der Waals surface area contributed by atoms with Crippen LogP contribution in [0.25, 0.3) is 11.1 Å². The van der Waals surface area contributed by atoms with E-state index in [4.69, 9.17) is 28.4 Å². The zero-order chi connectivity index (χ0) is 39.3. The maximum atomic E-state index is 12.1. The second kappa shape index (κ2) is 23.7. The van der Waals surface area contributed by atoms with E-state index in [1.807, 2.05) is 23.2 Å². The lowest BCUT2D eigenvalue weighted by Gasteiger charge is -2.20. The smallest absolute Gasteiger partial charge is 0.333 e. The number of ether oxygens (including phenoxy) is 6. The van der Waals surface area contributed by atoms with E-state index < -0.39 is 0 Å². The molecule has 0 aromatic heterocycles. The van der Waals surface area contributed by atoms with Crippen LogP contribution in [-0.2, 0) is 54.2 Å². The van der Waals surface area contributed by atoms with Crippen molar-refractivity contribution in [2.75, 3.05) is 46.5 Å². The van der Waals surface area contributed by atoms with Gasteiger partial charge in [0.15, 0.2) is 6.73 Å². The Kier molecular flexibility index (Phi) is 18.4. The summed E-state index contributed by atoms with van der Waals surface area (Å²) in [6.45, 7) is 16.3. The standard InChI is InChI=1S/C46H59NO8/c1-6-38-16-9-10-19-43(38)41-31-39(17-12-27-54-45(48)35(2)3)44(40(32-41)18-13-28-55-46(49)36(4)5)53-26-11-7-8-15-37-20-22-42(23-21-37)52-29-14-25-50-33-47-24-30-51-34-47/h9-10,16,19-24,30-32H,2,4,6-8,11-15,17-18,25-29,33-34H2,1,3,5H3.